The number of amides is 2. The summed E-state index contributed by atoms with van der Waals surface area (Å²) in [6.45, 7) is 7.98. The van der Waals surface area contributed by atoms with Gasteiger partial charge in [0.1, 0.15) is 11.8 Å². The topological polar surface area (TPSA) is 58.6 Å². The lowest BCUT2D eigenvalue weighted by molar-refractivity contribution is -0.142. The number of hydrogen-bond donors (Lipinski definition) is 1. The number of carbonyl (C=O) groups excluding carboxylic acids is 2. The summed E-state index contributed by atoms with van der Waals surface area (Å²) in [6, 6.07) is 8.14. The highest BCUT2D eigenvalue weighted by atomic mass is 79.9. The molecule has 0 aliphatic heterocycles. The number of ether oxygens (including phenoxy) is 1. The zero-order chi connectivity index (χ0) is 23.1. The molecule has 168 valence electrons. The molecule has 0 unspecified atom stereocenters. The van der Waals surface area contributed by atoms with Crippen molar-refractivity contribution >= 4 is 50.9 Å². The van der Waals surface area contributed by atoms with Crippen LogP contribution in [0.5, 0.6) is 5.75 Å². The van der Waals surface area contributed by atoms with Gasteiger partial charge < -0.3 is 15.0 Å². The number of halogens is 3. The van der Waals surface area contributed by atoms with Crippen molar-refractivity contribution in [3.8, 4) is 5.75 Å². The fourth-order valence-electron chi connectivity index (χ4n) is 3.05. The van der Waals surface area contributed by atoms with E-state index in [9.17, 15) is 9.59 Å². The fraction of sp³-hybridized carbons (Fsp3) is 0.391. The molecule has 2 amide bonds. The molecule has 0 aliphatic rings. The van der Waals surface area contributed by atoms with Gasteiger partial charge in [-0.1, -0.05) is 52.1 Å². The Labute approximate surface area is 202 Å². The van der Waals surface area contributed by atoms with Crippen LogP contribution in [-0.2, 0) is 16.1 Å². The van der Waals surface area contributed by atoms with Gasteiger partial charge in [0, 0.05) is 33.2 Å². The summed E-state index contributed by atoms with van der Waals surface area (Å²) in [6.07, 6.45) is 0.800. The van der Waals surface area contributed by atoms with Crippen molar-refractivity contribution in [3.63, 3.8) is 0 Å². The van der Waals surface area contributed by atoms with E-state index in [1.165, 1.54) is 4.90 Å². The van der Waals surface area contributed by atoms with Crippen LogP contribution >= 0.6 is 39.1 Å². The molecule has 0 heterocycles. The van der Waals surface area contributed by atoms with Crippen LogP contribution in [0.15, 0.2) is 34.8 Å². The molecule has 0 radical (unpaired) electrons. The first-order valence-corrected chi connectivity index (χ1v) is 11.6. The number of nitrogens with one attached hydrogen (secondary N) is 1. The molecule has 0 fully saturated rings. The highest BCUT2D eigenvalue weighted by molar-refractivity contribution is 9.10. The second-order valence-corrected chi connectivity index (χ2v) is 8.96. The Kier molecular flexibility index (Phi) is 9.66. The summed E-state index contributed by atoms with van der Waals surface area (Å²) in [4.78, 5) is 27.2. The number of hydrogen-bond acceptors (Lipinski definition) is 3. The van der Waals surface area contributed by atoms with Crippen molar-refractivity contribution in [1.82, 2.24) is 10.2 Å². The smallest absolute Gasteiger partial charge is 0.261 e. The quantitative estimate of drug-likeness (QED) is 0.453. The molecule has 5 nitrogen and oxygen atoms in total. The number of rotatable bonds is 9. The summed E-state index contributed by atoms with van der Waals surface area (Å²) in [5.74, 6) is 0.00688. The molecule has 2 aromatic carbocycles. The third kappa shape index (κ3) is 6.86. The molecule has 0 aliphatic carbocycles. The van der Waals surface area contributed by atoms with Crippen molar-refractivity contribution in [2.75, 3.05) is 13.2 Å². The average Bonchev–Trinajstić information content (AvgIpc) is 2.73. The van der Waals surface area contributed by atoms with E-state index in [-0.39, 0.29) is 25.0 Å². The van der Waals surface area contributed by atoms with Crippen LogP contribution in [0.3, 0.4) is 0 Å². The van der Waals surface area contributed by atoms with Crippen LogP contribution in [0.4, 0.5) is 0 Å². The first-order valence-electron chi connectivity index (χ1n) is 10.0. The first kappa shape index (κ1) is 25.5. The van der Waals surface area contributed by atoms with Crippen LogP contribution in [0.25, 0.3) is 0 Å². The van der Waals surface area contributed by atoms with E-state index in [1.807, 2.05) is 32.9 Å². The molecule has 0 spiro atoms. The Morgan fingerprint density at radius 2 is 1.74 bits per heavy atom. The predicted molar refractivity (Wildman–Crippen MR) is 129 cm³/mol. The van der Waals surface area contributed by atoms with Crippen molar-refractivity contribution < 1.29 is 14.3 Å². The zero-order valence-corrected chi connectivity index (χ0v) is 21.2. The molecule has 0 saturated carbocycles. The molecule has 1 atom stereocenters. The third-order valence-corrected chi connectivity index (χ3v) is 6.84. The van der Waals surface area contributed by atoms with Gasteiger partial charge in [-0.3, -0.25) is 9.59 Å². The number of benzene rings is 2. The van der Waals surface area contributed by atoms with Crippen LogP contribution < -0.4 is 10.1 Å². The Bertz CT molecular complexity index is 909. The Balaban J connectivity index is 2.24. The fourth-order valence-corrected chi connectivity index (χ4v) is 3.80. The van der Waals surface area contributed by atoms with E-state index in [2.05, 4.69) is 21.2 Å². The normalized spacial score (nSPS) is 11.7. The maximum absolute atomic E-state index is 13.1. The van der Waals surface area contributed by atoms with Crippen LogP contribution in [0, 0.1) is 13.8 Å². The number of aryl methyl sites for hydroxylation is 2. The van der Waals surface area contributed by atoms with E-state index in [1.54, 1.807) is 25.1 Å². The van der Waals surface area contributed by atoms with Crippen LogP contribution in [0.2, 0.25) is 10.0 Å². The highest BCUT2D eigenvalue weighted by Gasteiger charge is 2.27. The lowest BCUT2D eigenvalue weighted by atomic mass is 10.1. The average molecular weight is 530 g/mol. The van der Waals surface area contributed by atoms with Crippen molar-refractivity contribution in [2.24, 2.45) is 0 Å². The van der Waals surface area contributed by atoms with E-state index in [4.69, 9.17) is 27.9 Å². The van der Waals surface area contributed by atoms with Gasteiger partial charge in [-0.15, -0.1) is 0 Å². The largest absolute Gasteiger partial charge is 0.484 e. The summed E-state index contributed by atoms with van der Waals surface area (Å²) in [5, 5.41) is 3.71. The molecule has 2 rings (SSSR count). The predicted octanol–water partition coefficient (Wildman–Crippen LogP) is 5.70. The van der Waals surface area contributed by atoms with Gasteiger partial charge in [0.15, 0.2) is 6.61 Å². The van der Waals surface area contributed by atoms with Gasteiger partial charge in [0.25, 0.3) is 5.91 Å². The molecule has 0 bridgehead atoms. The van der Waals surface area contributed by atoms with Gasteiger partial charge >= 0.3 is 0 Å². The van der Waals surface area contributed by atoms with Crippen molar-refractivity contribution in [2.45, 2.75) is 46.7 Å². The van der Waals surface area contributed by atoms with Gasteiger partial charge in [0.05, 0.1) is 0 Å². The summed E-state index contributed by atoms with van der Waals surface area (Å²) < 4.78 is 6.77. The molecule has 31 heavy (non-hydrogen) atoms. The van der Waals surface area contributed by atoms with Crippen molar-refractivity contribution in [3.05, 3.63) is 61.5 Å². The third-order valence-electron chi connectivity index (χ3n) is 4.88. The second-order valence-electron chi connectivity index (χ2n) is 7.35. The lowest BCUT2D eigenvalue weighted by Gasteiger charge is -2.29. The SMILES string of the molecule is CCCNC(=O)[C@H](C)N(Cc1c(Cl)cccc1Cl)C(=O)COc1cc(C)c(Br)c(C)c1. The van der Waals surface area contributed by atoms with Gasteiger partial charge in [-0.05, 0) is 62.6 Å². The monoisotopic (exact) mass is 528 g/mol. The molecule has 0 saturated heterocycles. The minimum Gasteiger partial charge on any atom is -0.484 e. The minimum absolute atomic E-state index is 0.0970. The molecular formula is C23H27BrCl2N2O3. The minimum atomic E-state index is -0.719. The Morgan fingerprint density at radius 1 is 1.16 bits per heavy atom. The van der Waals surface area contributed by atoms with E-state index < -0.39 is 6.04 Å². The van der Waals surface area contributed by atoms with Crippen LogP contribution in [-0.4, -0.2) is 35.9 Å². The summed E-state index contributed by atoms with van der Waals surface area (Å²) in [7, 11) is 0. The summed E-state index contributed by atoms with van der Waals surface area (Å²) >= 11 is 16.1. The maximum Gasteiger partial charge on any atom is 0.261 e. The highest BCUT2D eigenvalue weighted by Crippen LogP contribution is 2.28. The molecule has 8 heteroatoms. The van der Waals surface area contributed by atoms with Crippen molar-refractivity contribution in [1.29, 1.82) is 0 Å². The first-order chi connectivity index (χ1) is 14.6. The molecular weight excluding hydrogens is 503 g/mol. The maximum atomic E-state index is 13.1. The molecule has 0 aromatic heterocycles. The standard InChI is InChI=1S/C23H27BrCl2N2O3/c1-5-9-27-23(30)16(4)28(12-18-19(25)7-6-8-20(18)26)21(29)13-31-17-10-14(2)22(24)15(3)11-17/h6-8,10-11,16H,5,9,12-13H2,1-4H3,(H,27,30)/t16-/m0/s1. The second kappa shape index (κ2) is 11.7. The van der Waals surface area contributed by atoms with E-state index in [0.29, 0.717) is 27.9 Å². The number of nitrogens with zero attached hydrogens (tertiary/aromatic N) is 1. The lowest BCUT2D eigenvalue weighted by Crippen LogP contribution is -2.49. The zero-order valence-electron chi connectivity index (χ0n) is 18.1. The van der Waals surface area contributed by atoms with Gasteiger partial charge in [0.2, 0.25) is 5.91 Å². The van der Waals surface area contributed by atoms with E-state index >= 15 is 0 Å². The Hall–Kier alpha value is -1.76. The Morgan fingerprint density at radius 3 is 2.29 bits per heavy atom. The molecule has 2 aromatic rings. The summed E-state index contributed by atoms with van der Waals surface area (Å²) in [5.41, 5.74) is 2.61. The molecule has 1 N–H and O–H groups in total. The number of carbonyl (C=O) groups is 2. The van der Waals surface area contributed by atoms with Crippen LogP contribution in [0.1, 0.15) is 37.0 Å². The van der Waals surface area contributed by atoms with Gasteiger partial charge in [-0.2, -0.15) is 0 Å². The van der Waals surface area contributed by atoms with E-state index in [0.717, 1.165) is 22.0 Å². The van der Waals surface area contributed by atoms with Gasteiger partial charge in [-0.25, -0.2) is 0 Å².